The zero-order valence-electron chi connectivity index (χ0n) is 17.7. The molecule has 5 nitrogen and oxygen atoms in total. The van der Waals surface area contributed by atoms with E-state index in [-0.39, 0.29) is 0 Å². The van der Waals surface area contributed by atoms with Crippen LogP contribution in [0.4, 0.5) is 5.69 Å². The highest BCUT2D eigenvalue weighted by molar-refractivity contribution is 5.83. The van der Waals surface area contributed by atoms with Gasteiger partial charge in [0.1, 0.15) is 12.4 Å². The van der Waals surface area contributed by atoms with Crippen LogP contribution in [0.2, 0.25) is 0 Å². The van der Waals surface area contributed by atoms with Gasteiger partial charge in [0.05, 0.1) is 5.69 Å². The predicted octanol–water partition coefficient (Wildman–Crippen LogP) is 4.23. The quantitative estimate of drug-likeness (QED) is 0.419. The van der Waals surface area contributed by atoms with Crippen LogP contribution in [0.1, 0.15) is 37.3 Å². The molecule has 1 atom stereocenters. The third kappa shape index (κ3) is 6.50. The molecule has 1 aliphatic heterocycles. The fourth-order valence-electron chi connectivity index (χ4n) is 3.58. The maximum Gasteiger partial charge on any atom is 0.199 e. The molecule has 0 saturated carbocycles. The molecule has 1 fully saturated rings. The minimum atomic E-state index is 0.576. The minimum absolute atomic E-state index is 0.576. The Labute approximate surface area is 175 Å². The Morgan fingerprint density at radius 2 is 2.00 bits per heavy atom. The maximum absolute atomic E-state index is 5.95. The Kier molecular flexibility index (Phi) is 7.94. The molecule has 5 heteroatoms. The van der Waals surface area contributed by atoms with Crippen LogP contribution in [0.3, 0.4) is 0 Å². The molecule has 0 amide bonds. The summed E-state index contributed by atoms with van der Waals surface area (Å²) in [6, 6.07) is 16.3. The number of hydrogen-bond acceptors (Lipinski definition) is 3. The summed E-state index contributed by atoms with van der Waals surface area (Å²) in [5.74, 6) is 2.51. The predicted molar refractivity (Wildman–Crippen MR) is 121 cm³/mol. The van der Waals surface area contributed by atoms with Gasteiger partial charge < -0.3 is 20.7 Å². The normalized spacial score (nSPS) is 17.3. The molecule has 1 unspecified atom stereocenters. The fraction of sp³-hybridized carbons (Fsp3) is 0.458. The first kappa shape index (κ1) is 21.2. The van der Waals surface area contributed by atoms with Gasteiger partial charge in [-0.25, -0.2) is 4.99 Å². The van der Waals surface area contributed by atoms with Crippen LogP contribution in [0, 0.1) is 12.8 Å². The van der Waals surface area contributed by atoms with Crippen LogP contribution in [0.15, 0.2) is 53.5 Å². The lowest BCUT2D eigenvalue weighted by Crippen LogP contribution is -2.46. The highest BCUT2D eigenvalue weighted by Gasteiger charge is 2.19. The number of aryl methyl sites for hydroxylation is 1. The number of nitrogens with two attached hydrogens (primary N) is 1. The van der Waals surface area contributed by atoms with E-state index in [0.717, 1.165) is 43.5 Å². The SMILES string of the molecule is Cc1ccccc1COc1ccc(/N=C(\NCCCN)N2CCCC(C)C2)cc1. The average Bonchev–Trinajstić information content (AvgIpc) is 2.73. The Hall–Kier alpha value is -2.53. The van der Waals surface area contributed by atoms with Gasteiger partial charge in [-0.2, -0.15) is 0 Å². The lowest BCUT2D eigenvalue weighted by molar-refractivity contribution is 0.266. The van der Waals surface area contributed by atoms with Gasteiger partial charge in [0.25, 0.3) is 0 Å². The Bertz CT molecular complexity index is 788. The molecule has 0 aromatic heterocycles. The number of rotatable bonds is 7. The van der Waals surface area contributed by atoms with E-state index in [0.29, 0.717) is 19.1 Å². The highest BCUT2D eigenvalue weighted by Crippen LogP contribution is 2.21. The van der Waals surface area contributed by atoms with E-state index < -0.39 is 0 Å². The van der Waals surface area contributed by atoms with E-state index in [1.54, 1.807) is 0 Å². The number of hydrogen-bond donors (Lipinski definition) is 2. The van der Waals surface area contributed by atoms with Gasteiger partial charge in [0.15, 0.2) is 5.96 Å². The van der Waals surface area contributed by atoms with E-state index in [9.17, 15) is 0 Å². The van der Waals surface area contributed by atoms with E-state index >= 15 is 0 Å². The van der Waals surface area contributed by atoms with Crippen molar-refractivity contribution in [3.8, 4) is 5.75 Å². The molecule has 156 valence electrons. The van der Waals surface area contributed by atoms with E-state index in [4.69, 9.17) is 15.5 Å². The molecule has 3 rings (SSSR count). The first-order valence-electron chi connectivity index (χ1n) is 10.7. The van der Waals surface area contributed by atoms with Gasteiger partial charge in [-0.1, -0.05) is 31.2 Å². The third-order valence-corrected chi connectivity index (χ3v) is 5.35. The number of likely N-dealkylation sites (tertiary alicyclic amines) is 1. The molecule has 1 saturated heterocycles. The van der Waals surface area contributed by atoms with Crippen LogP contribution in [-0.4, -0.2) is 37.0 Å². The standard InChI is InChI=1S/C24H34N4O/c1-19-7-5-16-28(17-19)24(26-15-6-14-25)27-22-10-12-23(13-11-22)29-18-21-9-4-3-8-20(21)2/h3-4,8-13,19H,5-7,14-18,25H2,1-2H3,(H,26,27). The fourth-order valence-corrected chi connectivity index (χ4v) is 3.58. The number of benzene rings is 2. The van der Waals surface area contributed by atoms with E-state index in [1.807, 2.05) is 36.4 Å². The van der Waals surface area contributed by atoms with Crippen molar-refractivity contribution in [2.24, 2.45) is 16.6 Å². The number of guanidine groups is 1. The van der Waals surface area contributed by atoms with Crippen molar-refractivity contribution in [1.82, 2.24) is 10.2 Å². The summed E-state index contributed by atoms with van der Waals surface area (Å²) in [7, 11) is 0. The van der Waals surface area contributed by atoms with Crippen LogP contribution in [-0.2, 0) is 6.61 Å². The Morgan fingerprint density at radius 3 is 2.72 bits per heavy atom. The highest BCUT2D eigenvalue weighted by atomic mass is 16.5. The largest absolute Gasteiger partial charge is 0.489 e. The monoisotopic (exact) mass is 394 g/mol. The molecule has 0 bridgehead atoms. The van der Waals surface area contributed by atoms with Crippen molar-refractivity contribution in [3.05, 3.63) is 59.7 Å². The lowest BCUT2D eigenvalue weighted by atomic mass is 10.0. The van der Waals surface area contributed by atoms with Crippen LogP contribution in [0.5, 0.6) is 5.75 Å². The number of nitrogens with one attached hydrogen (secondary N) is 1. The van der Waals surface area contributed by atoms with Gasteiger partial charge in [-0.15, -0.1) is 0 Å². The van der Waals surface area contributed by atoms with Crippen molar-refractivity contribution >= 4 is 11.6 Å². The van der Waals surface area contributed by atoms with Gasteiger partial charge in [0, 0.05) is 19.6 Å². The average molecular weight is 395 g/mol. The molecule has 0 radical (unpaired) electrons. The molecule has 2 aromatic carbocycles. The van der Waals surface area contributed by atoms with Crippen molar-refractivity contribution in [3.63, 3.8) is 0 Å². The van der Waals surface area contributed by atoms with Crippen LogP contribution in [0.25, 0.3) is 0 Å². The Morgan fingerprint density at radius 1 is 1.21 bits per heavy atom. The van der Waals surface area contributed by atoms with Gasteiger partial charge in [-0.3, -0.25) is 0 Å². The summed E-state index contributed by atoms with van der Waals surface area (Å²) in [5.41, 5.74) is 9.05. The topological polar surface area (TPSA) is 62.9 Å². The van der Waals surface area contributed by atoms with Crippen molar-refractivity contribution in [2.75, 3.05) is 26.2 Å². The number of piperidine rings is 1. The zero-order chi connectivity index (χ0) is 20.5. The van der Waals surface area contributed by atoms with E-state index in [1.165, 1.54) is 24.0 Å². The van der Waals surface area contributed by atoms with Crippen molar-refractivity contribution < 1.29 is 4.74 Å². The second-order valence-electron chi connectivity index (χ2n) is 7.91. The maximum atomic E-state index is 5.95. The molecule has 2 aromatic rings. The molecular weight excluding hydrogens is 360 g/mol. The first-order valence-corrected chi connectivity index (χ1v) is 10.7. The summed E-state index contributed by atoms with van der Waals surface area (Å²) >= 11 is 0. The van der Waals surface area contributed by atoms with Crippen molar-refractivity contribution in [2.45, 2.75) is 39.7 Å². The summed E-state index contributed by atoms with van der Waals surface area (Å²) in [4.78, 5) is 7.27. The third-order valence-electron chi connectivity index (χ3n) is 5.35. The molecule has 0 aliphatic carbocycles. The molecule has 29 heavy (non-hydrogen) atoms. The van der Waals surface area contributed by atoms with Crippen LogP contribution >= 0.6 is 0 Å². The number of ether oxygens (including phenoxy) is 1. The molecule has 1 heterocycles. The van der Waals surface area contributed by atoms with Crippen molar-refractivity contribution in [1.29, 1.82) is 0 Å². The lowest BCUT2D eigenvalue weighted by Gasteiger charge is -2.33. The second-order valence-corrected chi connectivity index (χ2v) is 7.91. The number of aliphatic imine (C=N–C) groups is 1. The first-order chi connectivity index (χ1) is 14.2. The summed E-state index contributed by atoms with van der Waals surface area (Å²) < 4.78 is 5.95. The van der Waals surface area contributed by atoms with Gasteiger partial charge in [-0.05, 0) is 74.0 Å². The van der Waals surface area contributed by atoms with E-state index in [2.05, 4.69) is 36.2 Å². The summed E-state index contributed by atoms with van der Waals surface area (Å²) in [5, 5.41) is 3.49. The molecule has 0 spiro atoms. The van der Waals surface area contributed by atoms with Gasteiger partial charge in [0.2, 0.25) is 0 Å². The molecular formula is C24H34N4O. The summed E-state index contributed by atoms with van der Waals surface area (Å²) in [6.45, 7) is 8.62. The molecule has 3 N–H and O–H groups in total. The second kappa shape index (κ2) is 10.9. The zero-order valence-corrected chi connectivity index (χ0v) is 17.7. The van der Waals surface area contributed by atoms with Crippen LogP contribution < -0.4 is 15.8 Å². The minimum Gasteiger partial charge on any atom is -0.489 e. The smallest absolute Gasteiger partial charge is 0.199 e. The Balaban J connectivity index is 1.66. The summed E-state index contributed by atoms with van der Waals surface area (Å²) in [6.07, 6.45) is 3.44. The van der Waals surface area contributed by atoms with Gasteiger partial charge >= 0.3 is 0 Å². The number of nitrogens with zero attached hydrogens (tertiary/aromatic N) is 2. The molecule has 1 aliphatic rings.